The van der Waals surface area contributed by atoms with Crippen LogP contribution >= 0.6 is 0 Å². The summed E-state index contributed by atoms with van der Waals surface area (Å²) in [4.78, 5) is 10.8. The second-order valence-electron chi connectivity index (χ2n) is 5.81. The zero-order chi connectivity index (χ0) is 18.7. The molecular weight excluding hydrogens is 328 g/mol. The minimum absolute atomic E-state index is 0.156. The number of rotatable bonds is 1. The molecule has 0 aliphatic rings. The lowest BCUT2D eigenvalue weighted by Crippen LogP contribution is -2.01. The van der Waals surface area contributed by atoms with Gasteiger partial charge in [-0.3, -0.25) is 0 Å². The fraction of sp³-hybridized carbons (Fsp3) is 0. The maximum absolute atomic E-state index is 10.8. The normalized spacial score (nSPS) is 10.3. The van der Waals surface area contributed by atoms with E-state index in [2.05, 4.69) is 0 Å². The Bertz CT molecular complexity index is 1070. The molecule has 0 bridgehead atoms. The topological polar surface area (TPSA) is 110 Å². The summed E-state index contributed by atoms with van der Waals surface area (Å²) >= 11 is 0. The van der Waals surface area contributed by atoms with Crippen LogP contribution in [0.3, 0.4) is 0 Å². The fourth-order valence-electron chi connectivity index (χ4n) is 2.76. The lowest BCUT2D eigenvalue weighted by Gasteiger charge is -2.03. The van der Waals surface area contributed by atoms with Crippen molar-refractivity contribution in [1.29, 1.82) is 0 Å². The van der Waals surface area contributed by atoms with Crippen LogP contribution in [0.4, 0.5) is 11.4 Å². The fourth-order valence-corrected chi connectivity index (χ4v) is 2.76. The summed E-state index contributed by atoms with van der Waals surface area (Å²) in [7, 11) is 0. The molecule has 0 aromatic heterocycles. The summed E-state index contributed by atoms with van der Waals surface area (Å²) in [6, 6.07) is 21.6. The molecule has 0 aliphatic carbocycles. The summed E-state index contributed by atoms with van der Waals surface area (Å²) < 4.78 is 0. The first-order valence-corrected chi connectivity index (χ1v) is 7.95. The summed E-state index contributed by atoms with van der Waals surface area (Å²) in [5.41, 5.74) is 12.5. The van der Waals surface area contributed by atoms with Crippen molar-refractivity contribution in [3.8, 4) is 5.75 Å². The standard InChI is InChI=1S/C11H9NO2.C10H9NO/c12-10-6-8-4-2-1-3-7(8)5-9(10)11(13)14;11-9-5-1-4-8-7(9)3-2-6-10(8)12/h1-6H,12H2,(H,13,14);1-6,12H,11H2. The van der Waals surface area contributed by atoms with Crippen molar-refractivity contribution >= 4 is 38.9 Å². The van der Waals surface area contributed by atoms with Crippen LogP contribution in [0.1, 0.15) is 10.4 Å². The quantitative estimate of drug-likeness (QED) is 0.385. The number of phenols is 1. The highest BCUT2D eigenvalue weighted by molar-refractivity contribution is 6.00. The molecule has 0 radical (unpaired) electrons. The van der Waals surface area contributed by atoms with Crippen LogP contribution in [0.5, 0.6) is 5.75 Å². The Balaban J connectivity index is 0.000000152. The molecule has 0 atom stereocenters. The second kappa shape index (κ2) is 7.03. The molecule has 5 heteroatoms. The van der Waals surface area contributed by atoms with Gasteiger partial charge in [-0.05, 0) is 35.0 Å². The third-order valence-electron chi connectivity index (χ3n) is 4.08. The van der Waals surface area contributed by atoms with Gasteiger partial charge in [0.15, 0.2) is 0 Å². The van der Waals surface area contributed by atoms with E-state index in [4.69, 9.17) is 16.6 Å². The SMILES string of the molecule is Nc1cc2ccccc2cc1C(=O)O.Nc1cccc2c(O)cccc12. The molecule has 0 aliphatic heterocycles. The van der Waals surface area contributed by atoms with Crippen LogP contribution in [-0.2, 0) is 0 Å². The van der Waals surface area contributed by atoms with E-state index in [1.54, 1.807) is 24.3 Å². The smallest absolute Gasteiger partial charge is 0.337 e. The van der Waals surface area contributed by atoms with Gasteiger partial charge in [-0.1, -0.05) is 48.5 Å². The van der Waals surface area contributed by atoms with Crippen LogP contribution in [0.2, 0.25) is 0 Å². The van der Waals surface area contributed by atoms with Crippen LogP contribution in [0.15, 0.2) is 72.8 Å². The van der Waals surface area contributed by atoms with Gasteiger partial charge < -0.3 is 21.7 Å². The number of aromatic carboxylic acids is 1. The Morgan fingerprint density at radius 3 is 2.00 bits per heavy atom. The Hall–Kier alpha value is -3.73. The Morgan fingerprint density at radius 2 is 1.35 bits per heavy atom. The van der Waals surface area contributed by atoms with Crippen molar-refractivity contribution in [2.45, 2.75) is 0 Å². The number of hydrogen-bond donors (Lipinski definition) is 4. The Morgan fingerprint density at radius 1 is 0.731 bits per heavy atom. The van der Waals surface area contributed by atoms with Crippen LogP contribution < -0.4 is 11.5 Å². The summed E-state index contributed by atoms with van der Waals surface area (Å²) in [6.45, 7) is 0. The zero-order valence-corrected chi connectivity index (χ0v) is 13.9. The number of phenolic OH excluding ortho intramolecular Hbond substituents is 1. The molecule has 4 aromatic rings. The molecule has 0 fully saturated rings. The largest absolute Gasteiger partial charge is 0.507 e. The number of fused-ring (bicyclic) bond motifs is 2. The van der Waals surface area contributed by atoms with Crippen molar-refractivity contribution in [2.75, 3.05) is 11.5 Å². The average Bonchev–Trinajstić information content (AvgIpc) is 2.62. The molecule has 5 nitrogen and oxygen atoms in total. The first kappa shape index (κ1) is 17.1. The van der Waals surface area contributed by atoms with E-state index in [0.29, 0.717) is 11.4 Å². The first-order chi connectivity index (χ1) is 12.5. The highest BCUT2D eigenvalue weighted by Crippen LogP contribution is 2.27. The number of carboxylic acids is 1. The Labute approximate surface area is 150 Å². The van der Waals surface area contributed by atoms with E-state index < -0.39 is 5.97 Å². The van der Waals surface area contributed by atoms with Gasteiger partial charge in [0.05, 0.1) is 5.56 Å². The van der Waals surface area contributed by atoms with E-state index >= 15 is 0 Å². The van der Waals surface area contributed by atoms with E-state index in [9.17, 15) is 9.90 Å². The van der Waals surface area contributed by atoms with Crippen molar-refractivity contribution < 1.29 is 15.0 Å². The summed E-state index contributed by atoms with van der Waals surface area (Å²) in [6.07, 6.45) is 0. The number of hydrogen-bond acceptors (Lipinski definition) is 4. The predicted molar refractivity (Wildman–Crippen MR) is 105 cm³/mol. The molecule has 0 heterocycles. The molecular formula is C21H18N2O3. The highest BCUT2D eigenvalue weighted by atomic mass is 16.4. The third kappa shape index (κ3) is 3.37. The summed E-state index contributed by atoms with van der Waals surface area (Å²) in [5, 5.41) is 21.8. The van der Waals surface area contributed by atoms with Gasteiger partial charge in [0.2, 0.25) is 0 Å². The molecule has 0 unspecified atom stereocenters. The minimum atomic E-state index is -0.992. The lowest BCUT2D eigenvalue weighted by molar-refractivity contribution is 0.0698. The second-order valence-corrected chi connectivity index (χ2v) is 5.81. The van der Waals surface area contributed by atoms with E-state index in [1.807, 2.05) is 48.5 Å². The van der Waals surface area contributed by atoms with E-state index in [1.165, 1.54) is 0 Å². The number of nitrogen functional groups attached to an aromatic ring is 2. The molecule has 0 saturated heterocycles. The Kier molecular flexibility index (Phi) is 4.62. The molecule has 0 saturated carbocycles. The lowest BCUT2D eigenvalue weighted by atomic mass is 10.1. The van der Waals surface area contributed by atoms with Crippen LogP contribution in [-0.4, -0.2) is 16.2 Å². The molecule has 6 N–H and O–H groups in total. The van der Waals surface area contributed by atoms with Gasteiger partial charge in [0, 0.05) is 22.1 Å². The van der Waals surface area contributed by atoms with Crippen molar-refractivity contribution in [2.24, 2.45) is 0 Å². The number of aromatic hydroxyl groups is 1. The van der Waals surface area contributed by atoms with E-state index in [0.717, 1.165) is 21.5 Å². The number of carbonyl (C=O) groups is 1. The molecule has 130 valence electrons. The highest BCUT2D eigenvalue weighted by Gasteiger charge is 2.08. The first-order valence-electron chi connectivity index (χ1n) is 7.95. The van der Waals surface area contributed by atoms with Crippen molar-refractivity contribution in [3.05, 3.63) is 78.4 Å². The van der Waals surface area contributed by atoms with Crippen LogP contribution in [0, 0.1) is 0 Å². The molecule has 0 amide bonds. The van der Waals surface area contributed by atoms with E-state index in [-0.39, 0.29) is 11.3 Å². The summed E-state index contributed by atoms with van der Waals surface area (Å²) in [5.74, 6) is -0.715. The molecule has 26 heavy (non-hydrogen) atoms. The molecule has 0 spiro atoms. The van der Waals surface area contributed by atoms with Crippen molar-refractivity contribution in [1.82, 2.24) is 0 Å². The average molecular weight is 346 g/mol. The van der Waals surface area contributed by atoms with Gasteiger partial charge in [-0.2, -0.15) is 0 Å². The minimum Gasteiger partial charge on any atom is -0.507 e. The van der Waals surface area contributed by atoms with Gasteiger partial charge in [-0.25, -0.2) is 4.79 Å². The molecule has 4 rings (SSSR count). The number of anilines is 2. The van der Waals surface area contributed by atoms with Crippen molar-refractivity contribution in [3.63, 3.8) is 0 Å². The monoisotopic (exact) mass is 346 g/mol. The van der Waals surface area contributed by atoms with Crippen LogP contribution in [0.25, 0.3) is 21.5 Å². The molecule has 4 aromatic carbocycles. The third-order valence-corrected chi connectivity index (χ3v) is 4.08. The number of benzene rings is 4. The maximum Gasteiger partial charge on any atom is 0.337 e. The maximum atomic E-state index is 10.8. The van der Waals surface area contributed by atoms with Gasteiger partial charge >= 0.3 is 5.97 Å². The number of nitrogens with two attached hydrogens (primary N) is 2. The van der Waals surface area contributed by atoms with Gasteiger partial charge in [-0.15, -0.1) is 0 Å². The van der Waals surface area contributed by atoms with Gasteiger partial charge in [0.1, 0.15) is 5.75 Å². The zero-order valence-electron chi connectivity index (χ0n) is 13.9. The number of carboxylic acid groups (broad SMARTS) is 1. The predicted octanol–water partition coefficient (Wildman–Crippen LogP) is 4.25. The van der Waals surface area contributed by atoms with Gasteiger partial charge in [0.25, 0.3) is 0 Å².